The van der Waals surface area contributed by atoms with E-state index >= 15 is 0 Å². The lowest BCUT2D eigenvalue weighted by Gasteiger charge is -2.31. The SMILES string of the molecule is Cc1ccc(CNC(=O)[C@@H]2CCCN(S(=O)(=O)c3ccc4c(c3)NC(=O)CO4)C2)o1. The quantitative estimate of drug-likeness (QED) is 0.740. The summed E-state index contributed by atoms with van der Waals surface area (Å²) in [4.78, 5) is 24.2. The first-order chi connectivity index (χ1) is 14.3. The first-order valence-corrected chi connectivity index (χ1v) is 11.2. The first-order valence-electron chi connectivity index (χ1n) is 9.73. The van der Waals surface area contributed by atoms with Crippen LogP contribution in [-0.2, 0) is 26.2 Å². The number of benzene rings is 1. The topological polar surface area (TPSA) is 118 Å². The maximum absolute atomic E-state index is 13.1. The molecule has 9 nitrogen and oxygen atoms in total. The van der Waals surface area contributed by atoms with Crippen molar-refractivity contribution in [2.45, 2.75) is 31.2 Å². The maximum atomic E-state index is 13.1. The number of amides is 2. The summed E-state index contributed by atoms with van der Waals surface area (Å²) in [5.74, 6) is 0.872. The molecule has 160 valence electrons. The fourth-order valence-corrected chi connectivity index (χ4v) is 5.20. The van der Waals surface area contributed by atoms with Crippen molar-refractivity contribution in [3.05, 3.63) is 41.9 Å². The lowest BCUT2D eigenvalue weighted by atomic mass is 9.99. The van der Waals surface area contributed by atoms with Crippen LogP contribution < -0.4 is 15.4 Å². The number of aryl methyl sites for hydroxylation is 1. The van der Waals surface area contributed by atoms with E-state index in [2.05, 4.69) is 10.6 Å². The van der Waals surface area contributed by atoms with Gasteiger partial charge in [-0.1, -0.05) is 0 Å². The number of hydrogen-bond acceptors (Lipinski definition) is 6. The number of piperidine rings is 1. The van der Waals surface area contributed by atoms with E-state index in [0.29, 0.717) is 36.6 Å². The molecule has 2 amide bonds. The van der Waals surface area contributed by atoms with E-state index in [1.54, 1.807) is 6.07 Å². The number of hydrogen-bond donors (Lipinski definition) is 2. The van der Waals surface area contributed by atoms with E-state index in [1.807, 2.05) is 13.0 Å². The molecule has 30 heavy (non-hydrogen) atoms. The highest BCUT2D eigenvalue weighted by Crippen LogP contribution is 2.32. The van der Waals surface area contributed by atoms with Gasteiger partial charge in [0.25, 0.3) is 5.91 Å². The van der Waals surface area contributed by atoms with Gasteiger partial charge in [-0.05, 0) is 50.1 Å². The zero-order chi connectivity index (χ0) is 21.3. The third kappa shape index (κ3) is 4.19. The number of sulfonamides is 1. The van der Waals surface area contributed by atoms with Gasteiger partial charge in [-0.2, -0.15) is 4.31 Å². The summed E-state index contributed by atoms with van der Waals surface area (Å²) in [6.07, 6.45) is 1.20. The summed E-state index contributed by atoms with van der Waals surface area (Å²) >= 11 is 0. The molecule has 1 saturated heterocycles. The molecule has 2 aliphatic heterocycles. The molecule has 0 spiro atoms. The van der Waals surface area contributed by atoms with Crippen molar-refractivity contribution < 1.29 is 27.2 Å². The lowest BCUT2D eigenvalue weighted by molar-refractivity contribution is -0.126. The Kier molecular flexibility index (Phi) is 5.52. The molecule has 1 aromatic heterocycles. The molecule has 2 N–H and O–H groups in total. The molecule has 0 unspecified atom stereocenters. The molecule has 0 radical (unpaired) electrons. The molecule has 2 aliphatic rings. The molecule has 1 atom stereocenters. The van der Waals surface area contributed by atoms with Gasteiger partial charge in [-0.15, -0.1) is 0 Å². The van der Waals surface area contributed by atoms with Gasteiger partial charge < -0.3 is 19.8 Å². The molecule has 1 fully saturated rings. The van der Waals surface area contributed by atoms with Crippen LogP contribution in [0.25, 0.3) is 0 Å². The van der Waals surface area contributed by atoms with Gasteiger partial charge in [0.05, 0.1) is 23.0 Å². The molecule has 2 aromatic rings. The highest BCUT2D eigenvalue weighted by Gasteiger charge is 2.34. The molecule has 3 heterocycles. The van der Waals surface area contributed by atoms with Crippen LogP contribution >= 0.6 is 0 Å². The van der Waals surface area contributed by atoms with Gasteiger partial charge in [0.15, 0.2) is 6.61 Å². The average Bonchev–Trinajstić information content (AvgIpc) is 3.16. The van der Waals surface area contributed by atoms with Crippen molar-refractivity contribution in [1.29, 1.82) is 0 Å². The number of nitrogens with one attached hydrogen (secondary N) is 2. The minimum absolute atomic E-state index is 0.0548. The Bertz CT molecular complexity index is 1080. The predicted octanol–water partition coefficient (Wildman–Crippen LogP) is 1.64. The monoisotopic (exact) mass is 433 g/mol. The summed E-state index contributed by atoms with van der Waals surface area (Å²) in [7, 11) is -3.82. The van der Waals surface area contributed by atoms with Crippen LogP contribution in [0.3, 0.4) is 0 Å². The van der Waals surface area contributed by atoms with Gasteiger partial charge in [0.2, 0.25) is 15.9 Å². The largest absolute Gasteiger partial charge is 0.482 e. The van der Waals surface area contributed by atoms with Crippen LogP contribution in [0, 0.1) is 12.8 Å². The minimum atomic E-state index is -3.82. The number of carbonyl (C=O) groups excluding carboxylic acids is 2. The summed E-state index contributed by atoms with van der Waals surface area (Å²) in [5.41, 5.74) is 0.326. The van der Waals surface area contributed by atoms with Crippen molar-refractivity contribution in [1.82, 2.24) is 9.62 Å². The van der Waals surface area contributed by atoms with Crippen molar-refractivity contribution in [3.8, 4) is 5.75 Å². The summed E-state index contributed by atoms with van der Waals surface area (Å²) in [6, 6.07) is 7.99. The van der Waals surface area contributed by atoms with Crippen LogP contribution in [0.2, 0.25) is 0 Å². The number of anilines is 1. The molecule has 0 saturated carbocycles. The van der Waals surface area contributed by atoms with Crippen LogP contribution in [0.5, 0.6) is 5.75 Å². The maximum Gasteiger partial charge on any atom is 0.262 e. The van der Waals surface area contributed by atoms with E-state index in [0.717, 1.165) is 5.76 Å². The first kappa shape index (κ1) is 20.4. The Labute approximate surface area is 174 Å². The van der Waals surface area contributed by atoms with Crippen molar-refractivity contribution in [3.63, 3.8) is 0 Å². The van der Waals surface area contributed by atoms with Crippen LogP contribution in [0.4, 0.5) is 5.69 Å². The van der Waals surface area contributed by atoms with Gasteiger partial charge in [-0.25, -0.2) is 8.42 Å². The van der Waals surface area contributed by atoms with Crippen molar-refractivity contribution in [2.75, 3.05) is 25.0 Å². The minimum Gasteiger partial charge on any atom is -0.482 e. The smallest absolute Gasteiger partial charge is 0.262 e. The van der Waals surface area contributed by atoms with Crippen LogP contribution in [0.15, 0.2) is 39.6 Å². The van der Waals surface area contributed by atoms with Gasteiger partial charge in [0.1, 0.15) is 17.3 Å². The Morgan fingerprint density at radius 2 is 2.13 bits per heavy atom. The lowest BCUT2D eigenvalue weighted by Crippen LogP contribution is -2.45. The summed E-state index contributed by atoms with van der Waals surface area (Å²) in [6.45, 7) is 2.43. The fourth-order valence-electron chi connectivity index (χ4n) is 3.65. The highest BCUT2D eigenvalue weighted by molar-refractivity contribution is 7.89. The zero-order valence-corrected chi connectivity index (χ0v) is 17.3. The standard InChI is InChI=1S/C20H23N3O6S/c1-13-4-5-15(29-13)10-21-20(25)14-3-2-8-23(11-14)30(26,27)16-6-7-18-17(9-16)22-19(24)12-28-18/h4-7,9,14H,2-3,8,10-12H2,1H3,(H,21,25)(H,22,24)/t14-/m1/s1. The Balaban J connectivity index is 1.45. The zero-order valence-electron chi connectivity index (χ0n) is 16.5. The van der Waals surface area contributed by atoms with Crippen LogP contribution in [0.1, 0.15) is 24.4 Å². The Hall–Kier alpha value is -2.85. The third-order valence-electron chi connectivity index (χ3n) is 5.21. The molecular weight excluding hydrogens is 410 g/mol. The third-order valence-corrected chi connectivity index (χ3v) is 7.07. The fraction of sp³-hybridized carbons (Fsp3) is 0.400. The molecule has 1 aromatic carbocycles. The number of carbonyl (C=O) groups is 2. The summed E-state index contributed by atoms with van der Waals surface area (Å²) in [5, 5.41) is 5.44. The number of rotatable bonds is 5. The van der Waals surface area contributed by atoms with Crippen molar-refractivity contribution in [2.24, 2.45) is 5.92 Å². The average molecular weight is 433 g/mol. The van der Waals surface area contributed by atoms with E-state index in [4.69, 9.17) is 9.15 Å². The Morgan fingerprint density at radius 1 is 1.30 bits per heavy atom. The summed E-state index contributed by atoms with van der Waals surface area (Å²) < 4.78 is 38.3. The van der Waals surface area contributed by atoms with Gasteiger partial charge in [-0.3, -0.25) is 9.59 Å². The van der Waals surface area contributed by atoms with E-state index in [1.165, 1.54) is 22.5 Å². The second-order valence-electron chi connectivity index (χ2n) is 7.43. The molecule has 0 aliphatic carbocycles. The van der Waals surface area contributed by atoms with E-state index < -0.39 is 15.9 Å². The highest BCUT2D eigenvalue weighted by atomic mass is 32.2. The van der Waals surface area contributed by atoms with Crippen LogP contribution in [-0.4, -0.2) is 44.2 Å². The molecule has 0 bridgehead atoms. The van der Waals surface area contributed by atoms with E-state index in [-0.39, 0.29) is 36.4 Å². The number of fused-ring (bicyclic) bond motifs is 1. The number of furan rings is 1. The molecular formula is C20H23N3O6S. The Morgan fingerprint density at radius 3 is 2.90 bits per heavy atom. The second-order valence-corrected chi connectivity index (χ2v) is 9.37. The number of nitrogens with zero attached hydrogens (tertiary/aromatic N) is 1. The predicted molar refractivity (Wildman–Crippen MR) is 107 cm³/mol. The van der Waals surface area contributed by atoms with Gasteiger partial charge in [0, 0.05) is 13.1 Å². The van der Waals surface area contributed by atoms with Crippen molar-refractivity contribution >= 4 is 27.5 Å². The molecule has 10 heteroatoms. The second kappa shape index (κ2) is 8.11. The van der Waals surface area contributed by atoms with E-state index in [9.17, 15) is 18.0 Å². The number of ether oxygens (including phenoxy) is 1. The normalized spacial score (nSPS) is 19.5. The van der Waals surface area contributed by atoms with Gasteiger partial charge >= 0.3 is 0 Å². The molecule has 4 rings (SSSR count).